The zero-order chi connectivity index (χ0) is 21.3. The van der Waals surface area contributed by atoms with Crippen LogP contribution in [0, 0.1) is 0 Å². The first-order valence-electron chi connectivity index (χ1n) is 10.1. The predicted molar refractivity (Wildman–Crippen MR) is 113 cm³/mol. The molecule has 8 heteroatoms. The second kappa shape index (κ2) is 10.4. The van der Waals surface area contributed by atoms with Crippen molar-refractivity contribution in [1.82, 2.24) is 20.5 Å². The number of likely N-dealkylation sites (tertiary alicyclic amines) is 1. The third-order valence-corrected chi connectivity index (χ3v) is 5.01. The van der Waals surface area contributed by atoms with Crippen molar-refractivity contribution in [3.8, 4) is 0 Å². The second-order valence-electron chi connectivity index (χ2n) is 7.37. The number of benzene rings is 1. The van der Waals surface area contributed by atoms with Gasteiger partial charge in [-0.1, -0.05) is 30.3 Å². The fraction of sp³-hybridized carbons (Fsp3) is 0.364. The Morgan fingerprint density at radius 3 is 2.67 bits per heavy atom. The molecular formula is C22H27N5O3. The lowest BCUT2D eigenvalue weighted by molar-refractivity contribution is -0.137. The van der Waals surface area contributed by atoms with Crippen molar-refractivity contribution >= 4 is 23.5 Å². The molecule has 158 valence electrons. The van der Waals surface area contributed by atoms with E-state index in [0.717, 1.165) is 24.0 Å². The van der Waals surface area contributed by atoms with Crippen molar-refractivity contribution < 1.29 is 14.4 Å². The lowest BCUT2D eigenvalue weighted by Crippen LogP contribution is -2.45. The average Bonchev–Trinajstić information content (AvgIpc) is 2.73. The molecule has 1 fully saturated rings. The number of anilines is 1. The lowest BCUT2D eigenvalue weighted by atomic mass is 10.1. The summed E-state index contributed by atoms with van der Waals surface area (Å²) in [6.07, 6.45) is 4.01. The Kier molecular flexibility index (Phi) is 7.37. The molecule has 4 N–H and O–H groups in total. The summed E-state index contributed by atoms with van der Waals surface area (Å²) >= 11 is 0. The van der Waals surface area contributed by atoms with Gasteiger partial charge in [-0.05, 0) is 36.1 Å². The molecule has 0 aliphatic carbocycles. The second-order valence-corrected chi connectivity index (χ2v) is 7.37. The van der Waals surface area contributed by atoms with Crippen molar-refractivity contribution in [2.24, 2.45) is 0 Å². The molecule has 1 atom stereocenters. The molecule has 1 aliphatic rings. The number of amides is 3. The van der Waals surface area contributed by atoms with Gasteiger partial charge in [-0.15, -0.1) is 0 Å². The van der Waals surface area contributed by atoms with E-state index >= 15 is 0 Å². The zero-order valence-electron chi connectivity index (χ0n) is 16.8. The number of nitrogens with two attached hydrogens (primary N) is 1. The van der Waals surface area contributed by atoms with E-state index in [4.69, 9.17) is 5.73 Å². The number of nitrogens with one attached hydrogen (secondary N) is 2. The summed E-state index contributed by atoms with van der Waals surface area (Å²) in [4.78, 5) is 42.4. The Morgan fingerprint density at radius 1 is 1.13 bits per heavy atom. The van der Waals surface area contributed by atoms with Crippen LogP contribution in [-0.4, -0.2) is 47.2 Å². The van der Waals surface area contributed by atoms with E-state index in [1.807, 2.05) is 30.3 Å². The first-order valence-corrected chi connectivity index (χ1v) is 10.1. The molecule has 8 nitrogen and oxygen atoms in total. The summed E-state index contributed by atoms with van der Waals surface area (Å²) in [6, 6.07) is 12.5. The minimum Gasteiger partial charge on any atom is -0.384 e. The normalized spacial score (nSPS) is 14.8. The van der Waals surface area contributed by atoms with Crippen LogP contribution >= 0.6 is 0 Å². The minimum absolute atomic E-state index is 0.0148. The maximum atomic E-state index is 12.6. The molecule has 2 aromatic rings. The summed E-state index contributed by atoms with van der Waals surface area (Å²) in [7, 11) is 0. The van der Waals surface area contributed by atoms with Crippen molar-refractivity contribution in [2.75, 3.05) is 25.4 Å². The van der Waals surface area contributed by atoms with E-state index in [1.54, 1.807) is 23.2 Å². The molecule has 1 saturated heterocycles. The lowest BCUT2D eigenvalue weighted by Gasteiger charge is -2.26. The number of nitrogens with zero attached hydrogens (tertiary/aromatic N) is 2. The van der Waals surface area contributed by atoms with Crippen LogP contribution in [0.2, 0.25) is 0 Å². The Bertz CT molecular complexity index is 887. The Hall–Kier alpha value is -3.42. The number of aromatic nitrogens is 1. The topological polar surface area (TPSA) is 117 Å². The SMILES string of the molecule is Nc1cc(CC(=O)NC(CNC(=O)CN2CCCCC2=O)c2ccccc2)ccn1. The molecule has 0 radical (unpaired) electrons. The van der Waals surface area contributed by atoms with Gasteiger partial charge in [0, 0.05) is 25.7 Å². The number of pyridine rings is 1. The highest BCUT2D eigenvalue weighted by atomic mass is 16.2. The number of rotatable bonds is 8. The predicted octanol–water partition coefficient (Wildman–Crippen LogP) is 1.19. The first kappa shape index (κ1) is 21.3. The molecule has 2 heterocycles. The first-order chi connectivity index (χ1) is 14.5. The molecule has 0 bridgehead atoms. The zero-order valence-corrected chi connectivity index (χ0v) is 16.8. The van der Waals surface area contributed by atoms with Gasteiger partial charge in [0.05, 0.1) is 19.0 Å². The van der Waals surface area contributed by atoms with Crippen molar-refractivity contribution in [1.29, 1.82) is 0 Å². The van der Waals surface area contributed by atoms with Gasteiger partial charge >= 0.3 is 0 Å². The number of hydrogen-bond acceptors (Lipinski definition) is 5. The van der Waals surface area contributed by atoms with Gasteiger partial charge in [-0.2, -0.15) is 0 Å². The minimum atomic E-state index is -0.390. The van der Waals surface area contributed by atoms with Gasteiger partial charge < -0.3 is 21.3 Å². The average molecular weight is 409 g/mol. The summed E-state index contributed by atoms with van der Waals surface area (Å²) < 4.78 is 0. The number of nitrogen functional groups attached to an aromatic ring is 1. The van der Waals surface area contributed by atoms with Crippen LogP contribution in [0.4, 0.5) is 5.82 Å². The molecule has 1 aliphatic heterocycles. The van der Waals surface area contributed by atoms with Gasteiger partial charge in [0.2, 0.25) is 17.7 Å². The van der Waals surface area contributed by atoms with Gasteiger partial charge in [-0.3, -0.25) is 14.4 Å². The molecule has 30 heavy (non-hydrogen) atoms. The van der Waals surface area contributed by atoms with Crippen LogP contribution in [-0.2, 0) is 20.8 Å². The summed E-state index contributed by atoms with van der Waals surface area (Å²) in [5.74, 6) is -0.0439. The van der Waals surface area contributed by atoms with E-state index in [1.165, 1.54) is 0 Å². The van der Waals surface area contributed by atoms with Gasteiger partial charge in [0.15, 0.2) is 0 Å². The third-order valence-electron chi connectivity index (χ3n) is 5.01. The number of carbonyl (C=O) groups excluding carboxylic acids is 3. The smallest absolute Gasteiger partial charge is 0.239 e. The van der Waals surface area contributed by atoms with Gasteiger partial charge in [-0.25, -0.2) is 4.98 Å². The van der Waals surface area contributed by atoms with E-state index in [2.05, 4.69) is 15.6 Å². The highest BCUT2D eigenvalue weighted by Gasteiger charge is 2.21. The van der Waals surface area contributed by atoms with E-state index in [9.17, 15) is 14.4 Å². The van der Waals surface area contributed by atoms with Crippen LogP contribution < -0.4 is 16.4 Å². The van der Waals surface area contributed by atoms with E-state index in [0.29, 0.717) is 18.8 Å². The summed E-state index contributed by atoms with van der Waals surface area (Å²) in [6.45, 7) is 0.889. The Balaban J connectivity index is 1.59. The third kappa shape index (κ3) is 6.30. The van der Waals surface area contributed by atoms with E-state index < -0.39 is 0 Å². The van der Waals surface area contributed by atoms with Gasteiger partial charge in [0.1, 0.15) is 5.82 Å². The maximum Gasteiger partial charge on any atom is 0.239 e. The quantitative estimate of drug-likeness (QED) is 0.605. The van der Waals surface area contributed by atoms with Crippen LogP contribution in [0.25, 0.3) is 0 Å². The summed E-state index contributed by atoms with van der Waals surface area (Å²) in [5, 5.41) is 5.82. The van der Waals surface area contributed by atoms with Crippen molar-refractivity contribution in [2.45, 2.75) is 31.7 Å². The molecule has 1 aromatic carbocycles. The van der Waals surface area contributed by atoms with Crippen molar-refractivity contribution in [3.63, 3.8) is 0 Å². The van der Waals surface area contributed by atoms with Crippen LogP contribution in [0.5, 0.6) is 0 Å². The summed E-state index contributed by atoms with van der Waals surface area (Å²) in [5.41, 5.74) is 7.32. The number of carbonyl (C=O) groups is 3. The van der Waals surface area contributed by atoms with Crippen LogP contribution in [0.3, 0.4) is 0 Å². The fourth-order valence-electron chi connectivity index (χ4n) is 3.45. The molecule has 3 amide bonds. The van der Waals surface area contributed by atoms with Crippen LogP contribution in [0.15, 0.2) is 48.7 Å². The Labute approximate surface area is 175 Å². The maximum absolute atomic E-state index is 12.6. The highest BCUT2D eigenvalue weighted by Crippen LogP contribution is 2.13. The van der Waals surface area contributed by atoms with E-state index in [-0.39, 0.29) is 43.3 Å². The molecule has 1 unspecified atom stereocenters. The Morgan fingerprint density at radius 2 is 1.93 bits per heavy atom. The molecule has 3 rings (SSSR count). The molecule has 0 saturated carbocycles. The van der Waals surface area contributed by atoms with Crippen LogP contribution in [0.1, 0.15) is 36.4 Å². The van der Waals surface area contributed by atoms with Crippen molar-refractivity contribution in [3.05, 3.63) is 59.8 Å². The standard InChI is InChI=1S/C22H27N5O3/c23-19-12-16(9-10-24-19)13-20(28)26-18(17-6-2-1-3-7-17)14-25-21(29)15-27-11-5-4-8-22(27)30/h1-3,6-7,9-10,12,18H,4-5,8,11,13-15H2,(H2,23,24)(H,25,29)(H,26,28). The molecule has 1 aromatic heterocycles. The highest BCUT2D eigenvalue weighted by molar-refractivity contribution is 5.85. The molecule has 0 spiro atoms. The molecular weight excluding hydrogens is 382 g/mol. The largest absolute Gasteiger partial charge is 0.384 e. The number of hydrogen-bond donors (Lipinski definition) is 3. The fourth-order valence-corrected chi connectivity index (χ4v) is 3.45. The number of piperidine rings is 1. The monoisotopic (exact) mass is 409 g/mol. The van der Waals surface area contributed by atoms with Gasteiger partial charge in [0.25, 0.3) is 0 Å².